The van der Waals surface area contributed by atoms with Crippen molar-refractivity contribution in [3.63, 3.8) is 0 Å². The lowest BCUT2D eigenvalue weighted by atomic mass is 10.1. The molecule has 16 nitrogen and oxygen atoms in total. The lowest BCUT2D eigenvalue weighted by molar-refractivity contribution is 0.148. The highest BCUT2D eigenvalue weighted by molar-refractivity contribution is 6.32. The van der Waals surface area contributed by atoms with E-state index in [1.54, 1.807) is 0 Å². The Morgan fingerprint density at radius 1 is 0.592 bits per heavy atom. The molecule has 8 heterocycles. The Kier molecular flexibility index (Phi) is 13.4. The van der Waals surface area contributed by atoms with Crippen LogP contribution < -0.4 is 20.6 Å². The second-order valence-electron chi connectivity index (χ2n) is 18.0. The number of hydrogen-bond acceptors (Lipinski definition) is 14. The molecule has 2 aliphatic rings. The zero-order valence-corrected chi connectivity index (χ0v) is 41.7. The van der Waals surface area contributed by atoms with Gasteiger partial charge in [0.1, 0.15) is 80.7 Å². The van der Waals surface area contributed by atoms with Gasteiger partial charge < -0.3 is 19.7 Å². The van der Waals surface area contributed by atoms with Crippen molar-refractivity contribution in [1.82, 2.24) is 49.0 Å². The van der Waals surface area contributed by atoms with Crippen LogP contribution in [0.2, 0.25) is 10.0 Å². The Hall–Kier alpha value is -7.66. The topological polar surface area (TPSA) is 206 Å². The normalized spacial score (nSPS) is 15.1. The first kappa shape index (κ1) is 48.0. The molecule has 0 aromatic carbocycles. The minimum Gasteiger partial charge on any atom is -0.485 e. The molecule has 0 amide bonds. The molecule has 76 heavy (non-hydrogen) atoms. The van der Waals surface area contributed by atoms with Crippen molar-refractivity contribution in [2.24, 2.45) is 0 Å². The van der Waals surface area contributed by atoms with Crippen molar-refractivity contribution >= 4 is 23.2 Å². The summed E-state index contributed by atoms with van der Waals surface area (Å²) in [5.74, 6) is -6.65. The molecule has 0 saturated heterocycles. The van der Waals surface area contributed by atoms with E-state index in [1.165, 1.54) is 76.7 Å². The molecular formula is C52H42Cl2F6N10O6. The minimum atomic E-state index is -2.93. The zero-order valence-electron chi connectivity index (χ0n) is 44.2. The summed E-state index contributed by atoms with van der Waals surface area (Å²) in [7, 11) is 0. The number of nitrogens with zero attached hydrogens (tertiary/aromatic N) is 10. The fourth-order valence-corrected chi connectivity index (χ4v) is 8.11. The molecule has 2 N–H and O–H groups in total. The summed E-state index contributed by atoms with van der Waals surface area (Å²) in [6.45, 7) is 0.0830. The molecule has 24 heteroatoms. The Balaban J connectivity index is 0.000000194. The third-order valence-corrected chi connectivity index (χ3v) is 12.8. The maximum absolute atomic E-state index is 16.0. The largest absolute Gasteiger partial charge is 0.485 e. The van der Waals surface area contributed by atoms with Crippen LogP contribution in [0.25, 0.3) is 34.2 Å². The van der Waals surface area contributed by atoms with Gasteiger partial charge >= 0.3 is 0 Å². The molecule has 10 rings (SSSR count). The van der Waals surface area contributed by atoms with Crippen LogP contribution in [0.4, 0.5) is 26.3 Å². The molecule has 0 unspecified atom stereocenters. The second kappa shape index (κ2) is 21.2. The molecule has 0 spiro atoms. The zero-order chi connectivity index (χ0) is 58.0. The lowest BCUT2D eigenvalue weighted by Gasteiger charge is -2.18. The summed E-state index contributed by atoms with van der Waals surface area (Å²) in [6.07, 6.45) is 9.73. The van der Waals surface area contributed by atoms with Gasteiger partial charge in [-0.3, -0.25) is 38.7 Å². The molecule has 0 radical (unpaired) electrons. The Bertz CT molecular complexity index is 3680. The third-order valence-electron chi connectivity index (χ3n) is 12.1. The van der Waals surface area contributed by atoms with Crippen molar-refractivity contribution in [2.45, 2.75) is 90.5 Å². The van der Waals surface area contributed by atoms with Gasteiger partial charge in [0, 0.05) is 73.3 Å². The Morgan fingerprint density at radius 2 is 0.974 bits per heavy atom. The Labute approximate surface area is 443 Å². The molecule has 392 valence electrons. The number of rotatable bonds is 14. The van der Waals surface area contributed by atoms with Crippen LogP contribution in [0.1, 0.15) is 76.7 Å². The maximum Gasteiger partial charge on any atom is 0.278 e. The van der Waals surface area contributed by atoms with Crippen LogP contribution in [0, 0.1) is 62.6 Å². The molecule has 0 aliphatic heterocycles. The molecule has 8 aromatic rings. The molecule has 0 atom stereocenters. The van der Waals surface area contributed by atoms with Gasteiger partial charge in [0.25, 0.3) is 11.1 Å². The molecule has 2 aliphatic carbocycles. The second-order valence-corrected chi connectivity index (χ2v) is 18.8. The van der Waals surface area contributed by atoms with Gasteiger partial charge in [0.2, 0.25) is 0 Å². The van der Waals surface area contributed by atoms with Gasteiger partial charge in [-0.15, -0.1) is 0 Å². The highest BCUT2D eigenvalue weighted by Crippen LogP contribution is 2.39. The van der Waals surface area contributed by atoms with Gasteiger partial charge in [-0.1, -0.05) is 23.2 Å². The number of halogens is 8. The predicted molar refractivity (Wildman–Crippen MR) is 263 cm³/mol. The summed E-state index contributed by atoms with van der Waals surface area (Å²) in [5, 5.41) is 19.2. The van der Waals surface area contributed by atoms with Gasteiger partial charge in [0.05, 0.1) is 51.8 Å². The molecule has 2 fully saturated rings. The van der Waals surface area contributed by atoms with E-state index < -0.39 is 103 Å². The van der Waals surface area contributed by atoms with Gasteiger partial charge in [-0.2, -0.15) is 0 Å². The van der Waals surface area contributed by atoms with E-state index in [-0.39, 0.29) is 69.5 Å². The standard InChI is InChI=1S/2C26H21ClF3N5O3/c2*1-13-10-33-23(17-3-6-31-20(34-17)9-26(37)4-5-26)22(30)24(13)35-14(2)7-19(21(27)25(35)36)38-12-18-16(29)8-15(28)11-32-18/h2*3,6-8,10-11,37H,4-5,9,12H2,1-2H3/i2*12D2. The van der Waals surface area contributed by atoms with Crippen molar-refractivity contribution in [1.29, 1.82) is 0 Å². The van der Waals surface area contributed by atoms with Gasteiger partial charge in [-0.25, -0.2) is 46.3 Å². The smallest absolute Gasteiger partial charge is 0.278 e. The quantitative estimate of drug-likeness (QED) is 0.0977. The number of ether oxygens (including phenoxy) is 2. The van der Waals surface area contributed by atoms with E-state index in [0.717, 1.165) is 9.13 Å². The van der Waals surface area contributed by atoms with E-state index in [9.17, 15) is 37.4 Å². The first-order chi connectivity index (χ1) is 37.6. The molecule has 0 bridgehead atoms. The summed E-state index contributed by atoms with van der Waals surface area (Å²) < 4.78 is 132. The van der Waals surface area contributed by atoms with Crippen LogP contribution in [0.15, 0.2) is 83.2 Å². The first-order valence-electron chi connectivity index (χ1n) is 24.8. The van der Waals surface area contributed by atoms with E-state index >= 15 is 8.78 Å². The first-order valence-corrected chi connectivity index (χ1v) is 23.6. The van der Waals surface area contributed by atoms with E-state index in [1.807, 2.05) is 0 Å². The van der Waals surface area contributed by atoms with Gasteiger partial charge in [0.15, 0.2) is 23.3 Å². The van der Waals surface area contributed by atoms with Crippen LogP contribution in [-0.4, -0.2) is 70.4 Å². The van der Waals surface area contributed by atoms with Crippen LogP contribution in [0.3, 0.4) is 0 Å². The number of aliphatic hydroxyl groups is 2. The summed E-state index contributed by atoms with van der Waals surface area (Å²) in [5.41, 5.74) is -4.93. The van der Waals surface area contributed by atoms with E-state index in [2.05, 4.69) is 39.9 Å². The van der Waals surface area contributed by atoms with Crippen molar-refractivity contribution in [2.75, 3.05) is 0 Å². The number of aryl methyl sites for hydroxylation is 4. The van der Waals surface area contributed by atoms with E-state index in [0.29, 0.717) is 61.9 Å². The van der Waals surface area contributed by atoms with Crippen molar-refractivity contribution in [3.05, 3.63) is 185 Å². The minimum absolute atomic E-state index is 0.103. The number of aromatic nitrogens is 10. The third kappa shape index (κ3) is 11.3. The lowest BCUT2D eigenvalue weighted by Crippen LogP contribution is -2.24. The highest BCUT2D eigenvalue weighted by Gasteiger charge is 2.42. The summed E-state index contributed by atoms with van der Waals surface area (Å²) in [6, 6.07) is 6.15. The van der Waals surface area contributed by atoms with Crippen LogP contribution in [0.5, 0.6) is 11.5 Å². The average Bonchev–Trinajstić information content (AvgIpc) is 4.33. The molecule has 8 aromatic heterocycles. The summed E-state index contributed by atoms with van der Waals surface area (Å²) >= 11 is 12.5. The average molecular weight is 1090 g/mol. The van der Waals surface area contributed by atoms with Crippen molar-refractivity contribution in [3.8, 4) is 45.6 Å². The monoisotopic (exact) mass is 1090 g/mol. The maximum atomic E-state index is 16.0. The van der Waals surface area contributed by atoms with Crippen molar-refractivity contribution < 1.29 is 51.5 Å². The fourth-order valence-electron chi connectivity index (χ4n) is 7.75. The Morgan fingerprint density at radius 3 is 1.33 bits per heavy atom. The van der Waals surface area contributed by atoms with Gasteiger partial charge in [-0.05, 0) is 76.6 Å². The highest BCUT2D eigenvalue weighted by atomic mass is 35.5. The predicted octanol–water partition coefficient (Wildman–Crippen LogP) is 8.84. The fraction of sp³-hybridized carbons (Fsp3) is 0.269. The van der Waals surface area contributed by atoms with Crippen LogP contribution >= 0.6 is 23.2 Å². The summed E-state index contributed by atoms with van der Waals surface area (Å²) in [4.78, 5) is 58.9. The number of pyridine rings is 6. The number of hydrogen-bond donors (Lipinski definition) is 2. The molecule has 2 saturated carbocycles. The molecular weight excluding hydrogens is 1050 g/mol. The van der Waals surface area contributed by atoms with E-state index in [4.69, 9.17) is 38.2 Å². The SMILES string of the molecule is [2H]C([2H])(Oc1cc(C)n(-c2c(C)cnc(-c3ccnc(CC4(O)CC4)n3)c2F)c(=O)c1Cl)c1ncc(F)cc1F.[2H]C([2H])(Oc1cc(C)n(-c2c(C)cnc(-c3ccnc(CC4(O)CC4)n3)c2F)c(=O)c1Cl)c1ncc(F)cc1F. The van der Waals surface area contributed by atoms with Crippen LogP contribution in [-0.2, 0) is 26.0 Å².